The Balaban J connectivity index is 1.98. The molecule has 0 saturated carbocycles. The van der Waals surface area contributed by atoms with Gasteiger partial charge < -0.3 is 10.2 Å². The number of nitrogens with zero attached hydrogens (tertiary/aromatic N) is 2. The molecule has 0 atom stereocenters. The minimum Gasteiger partial charge on any atom is -0.378 e. The Morgan fingerprint density at radius 3 is 2.60 bits per heavy atom. The molecule has 4 heteroatoms. The van der Waals surface area contributed by atoms with Gasteiger partial charge in [0.25, 0.3) is 5.91 Å². The molecule has 4 nitrogen and oxygen atoms in total. The lowest BCUT2D eigenvalue weighted by Crippen LogP contribution is -2.08. The maximum absolute atomic E-state index is 12.0. The zero-order valence-corrected chi connectivity index (χ0v) is 11.4. The number of rotatable bonds is 2. The molecule has 100 valence electrons. The van der Waals surface area contributed by atoms with Crippen molar-refractivity contribution in [2.75, 3.05) is 24.3 Å². The Kier molecular flexibility index (Phi) is 2.99. The molecule has 1 aliphatic rings. The van der Waals surface area contributed by atoms with Crippen LogP contribution in [0.4, 0.5) is 11.4 Å². The van der Waals surface area contributed by atoms with Gasteiger partial charge in [-0.05, 0) is 35.9 Å². The van der Waals surface area contributed by atoms with Crippen LogP contribution in [0.25, 0.3) is 11.6 Å². The van der Waals surface area contributed by atoms with E-state index in [1.807, 2.05) is 61.5 Å². The molecule has 1 N–H and O–H groups in total. The van der Waals surface area contributed by atoms with Crippen LogP contribution in [0.15, 0.2) is 42.6 Å². The highest BCUT2D eigenvalue weighted by molar-refractivity contribution is 6.34. The van der Waals surface area contributed by atoms with Crippen molar-refractivity contribution in [3.05, 3.63) is 53.9 Å². The van der Waals surface area contributed by atoms with Crippen LogP contribution in [0.1, 0.15) is 11.3 Å². The normalized spacial score (nSPS) is 15.1. The number of anilines is 2. The number of pyridine rings is 1. The summed E-state index contributed by atoms with van der Waals surface area (Å²) in [6.45, 7) is 0. The van der Waals surface area contributed by atoms with E-state index in [0.29, 0.717) is 11.3 Å². The number of fused-ring (bicyclic) bond motifs is 1. The van der Waals surface area contributed by atoms with Gasteiger partial charge in [0.1, 0.15) is 0 Å². The first kappa shape index (κ1) is 12.4. The number of nitrogens with one attached hydrogen (secondary N) is 1. The largest absolute Gasteiger partial charge is 0.378 e. The monoisotopic (exact) mass is 265 g/mol. The Morgan fingerprint density at radius 2 is 1.90 bits per heavy atom. The fourth-order valence-electron chi connectivity index (χ4n) is 2.19. The minimum atomic E-state index is -0.101. The molecule has 20 heavy (non-hydrogen) atoms. The summed E-state index contributed by atoms with van der Waals surface area (Å²) >= 11 is 0. The fraction of sp³-hybridized carbons (Fsp3) is 0.125. The van der Waals surface area contributed by atoms with E-state index in [2.05, 4.69) is 10.3 Å². The number of hydrogen-bond donors (Lipinski definition) is 1. The third kappa shape index (κ3) is 2.16. The van der Waals surface area contributed by atoms with E-state index < -0.39 is 0 Å². The quantitative estimate of drug-likeness (QED) is 0.849. The van der Waals surface area contributed by atoms with Crippen molar-refractivity contribution in [1.29, 1.82) is 0 Å². The van der Waals surface area contributed by atoms with E-state index in [9.17, 15) is 4.79 Å². The summed E-state index contributed by atoms with van der Waals surface area (Å²) in [4.78, 5) is 18.3. The van der Waals surface area contributed by atoms with Gasteiger partial charge >= 0.3 is 0 Å². The highest BCUT2D eigenvalue weighted by atomic mass is 16.2. The zero-order valence-electron chi connectivity index (χ0n) is 11.4. The SMILES string of the molecule is CN(C)c1ccc(C=C2C(=O)Nc3cccnc32)cc1. The van der Waals surface area contributed by atoms with Gasteiger partial charge in [0.2, 0.25) is 0 Å². The van der Waals surface area contributed by atoms with Crippen LogP contribution in [0.3, 0.4) is 0 Å². The summed E-state index contributed by atoms with van der Waals surface area (Å²) < 4.78 is 0. The van der Waals surface area contributed by atoms with Crippen LogP contribution in [0.5, 0.6) is 0 Å². The van der Waals surface area contributed by atoms with Gasteiger partial charge in [0.05, 0.1) is 17.0 Å². The van der Waals surface area contributed by atoms with Crippen LogP contribution in [0, 0.1) is 0 Å². The second kappa shape index (κ2) is 4.81. The van der Waals surface area contributed by atoms with Gasteiger partial charge in [-0.15, -0.1) is 0 Å². The molecule has 1 amide bonds. The second-order valence-electron chi connectivity index (χ2n) is 4.90. The van der Waals surface area contributed by atoms with Gasteiger partial charge in [0.15, 0.2) is 0 Å². The molecule has 1 aromatic heterocycles. The molecular formula is C16H15N3O. The van der Waals surface area contributed by atoms with E-state index in [0.717, 1.165) is 16.9 Å². The van der Waals surface area contributed by atoms with E-state index >= 15 is 0 Å². The molecule has 2 aromatic rings. The van der Waals surface area contributed by atoms with Crippen molar-refractivity contribution in [3.8, 4) is 0 Å². The maximum atomic E-state index is 12.0. The second-order valence-corrected chi connectivity index (χ2v) is 4.90. The van der Waals surface area contributed by atoms with Gasteiger partial charge in [-0.1, -0.05) is 12.1 Å². The van der Waals surface area contributed by atoms with Crippen LogP contribution in [0.2, 0.25) is 0 Å². The van der Waals surface area contributed by atoms with Gasteiger partial charge in [-0.25, -0.2) is 0 Å². The van der Waals surface area contributed by atoms with Crippen LogP contribution < -0.4 is 10.2 Å². The van der Waals surface area contributed by atoms with Crippen molar-refractivity contribution < 1.29 is 4.79 Å². The summed E-state index contributed by atoms with van der Waals surface area (Å²) in [6.07, 6.45) is 3.57. The first-order valence-electron chi connectivity index (χ1n) is 6.41. The molecule has 0 unspecified atom stereocenters. The lowest BCUT2D eigenvalue weighted by Gasteiger charge is -2.11. The lowest BCUT2D eigenvalue weighted by molar-refractivity contribution is -0.110. The molecule has 2 heterocycles. The molecule has 0 bridgehead atoms. The smallest absolute Gasteiger partial charge is 0.258 e. The van der Waals surface area contributed by atoms with Crippen molar-refractivity contribution in [3.63, 3.8) is 0 Å². The predicted molar refractivity (Wildman–Crippen MR) is 81.5 cm³/mol. The minimum absolute atomic E-state index is 0.101. The van der Waals surface area contributed by atoms with E-state index in [4.69, 9.17) is 0 Å². The lowest BCUT2D eigenvalue weighted by atomic mass is 10.1. The summed E-state index contributed by atoms with van der Waals surface area (Å²) in [6, 6.07) is 11.7. The third-order valence-corrected chi connectivity index (χ3v) is 3.28. The first-order chi connectivity index (χ1) is 9.65. The average Bonchev–Trinajstić information content (AvgIpc) is 2.76. The molecule has 0 spiro atoms. The molecule has 0 radical (unpaired) electrons. The molecular weight excluding hydrogens is 250 g/mol. The number of benzene rings is 1. The van der Waals surface area contributed by atoms with Crippen molar-refractivity contribution >= 4 is 28.9 Å². The predicted octanol–water partition coefficient (Wildman–Crippen LogP) is 2.64. The maximum Gasteiger partial charge on any atom is 0.258 e. The number of carbonyl (C=O) groups excluding carboxylic acids is 1. The highest BCUT2D eigenvalue weighted by Crippen LogP contribution is 2.30. The highest BCUT2D eigenvalue weighted by Gasteiger charge is 2.24. The number of hydrogen-bond acceptors (Lipinski definition) is 3. The zero-order chi connectivity index (χ0) is 14.1. The molecule has 0 saturated heterocycles. The van der Waals surface area contributed by atoms with E-state index in [-0.39, 0.29) is 5.91 Å². The summed E-state index contributed by atoms with van der Waals surface area (Å²) in [7, 11) is 4.00. The summed E-state index contributed by atoms with van der Waals surface area (Å²) in [5, 5.41) is 2.82. The van der Waals surface area contributed by atoms with E-state index in [1.54, 1.807) is 6.20 Å². The molecule has 3 rings (SSSR count). The van der Waals surface area contributed by atoms with E-state index in [1.165, 1.54) is 0 Å². The average molecular weight is 265 g/mol. The van der Waals surface area contributed by atoms with Gasteiger partial charge in [0, 0.05) is 26.0 Å². The Morgan fingerprint density at radius 1 is 1.15 bits per heavy atom. The third-order valence-electron chi connectivity index (χ3n) is 3.28. The topological polar surface area (TPSA) is 45.2 Å². The standard InChI is InChI=1S/C16H15N3O/c1-19(2)12-7-5-11(6-8-12)10-13-15-14(18-16(13)20)4-3-9-17-15/h3-10H,1-2H3,(H,18,20). The summed E-state index contributed by atoms with van der Waals surface area (Å²) in [5.41, 5.74) is 4.21. The molecule has 1 aromatic carbocycles. The van der Waals surface area contributed by atoms with Crippen LogP contribution >= 0.6 is 0 Å². The van der Waals surface area contributed by atoms with Crippen LogP contribution in [-0.2, 0) is 4.79 Å². The number of aromatic nitrogens is 1. The number of carbonyl (C=O) groups is 1. The van der Waals surface area contributed by atoms with Crippen LogP contribution in [-0.4, -0.2) is 25.0 Å². The molecule has 1 aliphatic heterocycles. The molecule has 0 aliphatic carbocycles. The van der Waals surface area contributed by atoms with Crippen molar-refractivity contribution in [1.82, 2.24) is 4.98 Å². The number of amides is 1. The fourth-order valence-corrected chi connectivity index (χ4v) is 2.19. The molecule has 0 fully saturated rings. The Hall–Kier alpha value is -2.62. The first-order valence-corrected chi connectivity index (χ1v) is 6.41. The van der Waals surface area contributed by atoms with Gasteiger partial charge in [-0.2, -0.15) is 0 Å². The summed E-state index contributed by atoms with van der Waals surface area (Å²) in [5.74, 6) is -0.101. The Labute approximate surface area is 117 Å². The Bertz CT molecular complexity index is 687. The van der Waals surface area contributed by atoms with Crippen molar-refractivity contribution in [2.45, 2.75) is 0 Å². The van der Waals surface area contributed by atoms with Gasteiger partial charge in [-0.3, -0.25) is 9.78 Å². The van der Waals surface area contributed by atoms with Crippen molar-refractivity contribution in [2.24, 2.45) is 0 Å².